The average molecular weight is 418 g/mol. The Bertz CT molecular complexity index is 1190. The number of pyridine rings is 2. The number of nitrogens with zero attached hydrogens (tertiary/aromatic N) is 3. The Balaban J connectivity index is 1.62. The van der Waals surface area contributed by atoms with Crippen LogP contribution in [0.15, 0.2) is 42.9 Å². The van der Waals surface area contributed by atoms with Crippen molar-refractivity contribution in [3.05, 3.63) is 76.6 Å². The molecule has 0 fully saturated rings. The van der Waals surface area contributed by atoms with Crippen molar-refractivity contribution in [3.8, 4) is 11.1 Å². The van der Waals surface area contributed by atoms with Gasteiger partial charge in [0.1, 0.15) is 11.5 Å². The van der Waals surface area contributed by atoms with Crippen LogP contribution in [-0.4, -0.2) is 28.8 Å². The van der Waals surface area contributed by atoms with Gasteiger partial charge in [-0.1, -0.05) is 6.07 Å². The van der Waals surface area contributed by atoms with Gasteiger partial charge >= 0.3 is 0 Å². The summed E-state index contributed by atoms with van der Waals surface area (Å²) in [6.07, 6.45) is 5.88. The minimum Gasteiger partial charge on any atom is -0.347 e. The van der Waals surface area contributed by atoms with Crippen molar-refractivity contribution in [1.82, 2.24) is 15.3 Å². The summed E-state index contributed by atoms with van der Waals surface area (Å²) in [4.78, 5) is 34.3. The van der Waals surface area contributed by atoms with E-state index in [1.165, 1.54) is 11.0 Å². The van der Waals surface area contributed by atoms with Crippen molar-refractivity contribution in [2.24, 2.45) is 0 Å². The summed E-state index contributed by atoms with van der Waals surface area (Å²) < 4.78 is 15.0. The molecular weight excluding hydrogens is 395 g/mol. The normalized spacial score (nSPS) is 13.2. The summed E-state index contributed by atoms with van der Waals surface area (Å²) in [7, 11) is 1.67. The van der Waals surface area contributed by atoms with E-state index in [9.17, 15) is 9.59 Å². The molecule has 0 saturated heterocycles. The van der Waals surface area contributed by atoms with Gasteiger partial charge in [0.2, 0.25) is 5.91 Å². The average Bonchev–Trinajstić information content (AvgIpc) is 2.76. The number of benzene rings is 1. The first-order valence-electron chi connectivity index (χ1n) is 10.1. The Kier molecular flexibility index (Phi) is 5.50. The van der Waals surface area contributed by atoms with E-state index in [1.807, 2.05) is 19.9 Å². The number of aromatic nitrogens is 2. The van der Waals surface area contributed by atoms with Gasteiger partial charge in [0.15, 0.2) is 0 Å². The first-order chi connectivity index (χ1) is 14.9. The van der Waals surface area contributed by atoms with E-state index in [2.05, 4.69) is 15.3 Å². The van der Waals surface area contributed by atoms with Gasteiger partial charge in [-0.15, -0.1) is 0 Å². The van der Waals surface area contributed by atoms with E-state index >= 15 is 4.39 Å². The minimum absolute atomic E-state index is 0.0154. The summed E-state index contributed by atoms with van der Waals surface area (Å²) in [6.45, 7) is 3.98. The largest absolute Gasteiger partial charge is 0.347 e. The lowest BCUT2D eigenvalue weighted by atomic mass is 9.93. The molecule has 0 unspecified atom stereocenters. The molecule has 7 heteroatoms. The number of halogens is 1. The van der Waals surface area contributed by atoms with E-state index in [4.69, 9.17) is 0 Å². The molecule has 1 aliphatic rings. The second-order valence-electron chi connectivity index (χ2n) is 7.74. The number of hydrogen-bond acceptors (Lipinski definition) is 4. The minimum atomic E-state index is -0.407. The summed E-state index contributed by atoms with van der Waals surface area (Å²) >= 11 is 0. The van der Waals surface area contributed by atoms with Crippen LogP contribution in [0.4, 0.5) is 10.1 Å². The fraction of sp³-hybridized carbons (Fsp3) is 0.250. The fourth-order valence-corrected chi connectivity index (χ4v) is 3.87. The molecule has 158 valence electrons. The monoisotopic (exact) mass is 418 g/mol. The molecule has 1 aliphatic heterocycles. The van der Waals surface area contributed by atoms with Crippen LogP contribution in [0.3, 0.4) is 0 Å². The number of rotatable bonds is 4. The molecule has 0 aliphatic carbocycles. The summed E-state index contributed by atoms with van der Waals surface area (Å²) in [6, 6.07) is 6.83. The first kappa shape index (κ1) is 20.7. The zero-order valence-corrected chi connectivity index (χ0v) is 17.7. The van der Waals surface area contributed by atoms with Crippen molar-refractivity contribution in [3.63, 3.8) is 0 Å². The molecule has 1 N–H and O–H groups in total. The molecule has 0 radical (unpaired) electrons. The Morgan fingerprint density at radius 1 is 1.19 bits per heavy atom. The SMILES string of the molecule is Cc1cccnc1C(=O)NCc1cncc(-c2cc3c(cc2F)N(C)C(=O)CC3)c1C. The number of fused-ring (bicyclic) bond motifs is 1. The molecule has 2 aromatic heterocycles. The highest BCUT2D eigenvalue weighted by Gasteiger charge is 2.24. The van der Waals surface area contributed by atoms with Gasteiger partial charge in [0.05, 0.1) is 0 Å². The summed E-state index contributed by atoms with van der Waals surface area (Å²) in [5.74, 6) is -0.690. The van der Waals surface area contributed by atoms with Crippen molar-refractivity contribution in [1.29, 1.82) is 0 Å². The number of carbonyl (C=O) groups is 2. The van der Waals surface area contributed by atoms with Gasteiger partial charge in [-0.2, -0.15) is 0 Å². The molecule has 1 aromatic carbocycles. The van der Waals surface area contributed by atoms with Crippen LogP contribution < -0.4 is 10.2 Å². The Labute approximate surface area is 180 Å². The smallest absolute Gasteiger partial charge is 0.270 e. The maximum atomic E-state index is 15.0. The summed E-state index contributed by atoms with van der Waals surface area (Å²) in [5, 5.41) is 2.87. The maximum Gasteiger partial charge on any atom is 0.270 e. The van der Waals surface area contributed by atoms with Crippen LogP contribution in [0.25, 0.3) is 11.1 Å². The maximum absolute atomic E-state index is 15.0. The molecule has 3 aromatic rings. The van der Waals surface area contributed by atoms with Crippen LogP contribution in [0.5, 0.6) is 0 Å². The van der Waals surface area contributed by atoms with Crippen molar-refractivity contribution in [2.75, 3.05) is 11.9 Å². The third-order valence-electron chi connectivity index (χ3n) is 5.79. The molecule has 0 saturated carbocycles. The first-order valence-corrected chi connectivity index (χ1v) is 10.1. The standard InChI is InChI=1S/C24H23FN4O2/c1-14-5-4-8-27-23(14)24(31)28-12-17-11-26-13-19(15(17)2)18-9-16-6-7-22(30)29(3)21(16)10-20(18)25/h4-5,8-11,13H,6-7,12H2,1-3H3,(H,28,31). The molecule has 2 amide bonds. The van der Waals surface area contributed by atoms with Crippen LogP contribution in [0, 0.1) is 19.7 Å². The number of amides is 2. The predicted octanol–water partition coefficient (Wildman–Crippen LogP) is 3.74. The molecule has 31 heavy (non-hydrogen) atoms. The topological polar surface area (TPSA) is 75.2 Å². The zero-order chi connectivity index (χ0) is 22.1. The Morgan fingerprint density at radius 2 is 2.00 bits per heavy atom. The lowest BCUT2D eigenvalue weighted by Gasteiger charge is -2.26. The lowest BCUT2D eigenvalue weighted by Crippen LogP contribution is -2.31. The van der Waals surface area contributed by atoms with E-state index in [1.54, 1.807) is 37.8 Å². The molecule has 0 atom stereocenters. The molecule has 0 bridgehead atoms. The number of hydrogen-bond donors (Lipinski definition) is 1. The van der Waals surface area contributed by atoms with Crippen molar-refractivity contribution >= 4 is 17.5 Å². The quantitative estimate of drug-likeness (QED) is 0.700. The van der Waals surface area contributed by atoms with Gasteiger partial charge in [-0.25, -0.2) is 4.39 Å². The zero-order valence-electron chi connectivity index (χ0n) is 17.7. The van der Waals surface area contributed by atoms with E-state index in [0.717, 1.165) is 22.3 Å². The van der Waals surface area contributed by atoms with Crippen molar-refractivity contribution in [2.45, 2.75) is 33.2 Å². The van der Waals surface area contributed by atoms with E-state index in [-0.39, 0.29) is 18.4 Å². The number of carbonyl (C=O) groups excluding carboxylic acids is 2. The van der Waals surface area contributed by atoms with E-state index in [0.29, 0.717) is 35.3 Å². The van der Waals surface area contributed by atoms with Gasteiger partial charge < -0.3 is 10.2 Å². The number of anilines is 1. The number of nitrogens with one attached hydrogen (secondary N) is 1. The lowest BCUT2D eigenvalue weighted by molar-refractivity contribution is -0.118. The predicted molar refractivity (Wildman–Crippen MR) is 116 cm³/mol. The second-order valence-corrected chi connectivity index (χ2v) is 7.74. The Morgan fingerprint density at radius 3 is 2.77 bits per heavy atom. The van der Waals surface area contributed by atoms with Gasteiger partial charge in [-0.3, -0.25) is 19.6 Å². The molecule has 3 heterocycles. The number of aryl methyl sites for hydroxylation is 2. The fourth-order valence-electron chi connectivity index (χ4n) is 3.87. The van der Waals surface area contributed by atoms with Gasteiger partial charge in [0, 0.05) is 55.4 Å². The molecule has 0 spiro atoms. The summed E-state index contributed by atoms with van der Waals surface area (Å²) in [5.41, 5.74) is 5.46. The van der Waals surface area contributed by atoms with Crippen LogP contribution in [0.2, 0.25) is 0 Å². The third kappa shape index (κ3) is 3.91. The van der Waals surface area contributed by atoms with Crippen LogP contribution in [-0.2, 0) is 17.8 Å². The molecule has 4 rings (SSSR count). The van der Waals surface area contributed by atoms with Crippen LogP contribution >= 0.6 is 0 Å². The molecular formula is C24H23FN4O2. The Hall–Kier alpha value is -3.61. The second kappa shape index (κ2) is 8.26. The highest BCUT2D eigenvalue weighted by atomic mass is 19.1. The van der Waals surface area contributed by atoms with Crippen LogP contribution in [0.1, 0.15) is 39.2 Å². The highest BCUT2D eigenvalue weighted by Crippen LogP contribution is 2.35. The third-order valence-corrected chi connectivity index (χ3v) is 5.79. The van der Waals surface area contributed by atoms with Gasteiger partial charge in [-0.05, 0) is 60.7 Å². The highest BCUT2D eigenvalue weighted by molar-refractivity contribution is 5.96. The van der Waals surface area contributed by atoms with Gasteiger partial charge in [0.25, 0.3) is 5.91 Å². The van der Waals surface area contributed by atoms with Crippen molar-refractivity contribution < 1.29 is 14.0 Å². The molecule has 6 nitrogen and oxygen atoms in total. The van der Waals surface area contributed by atoms with E-state index < -0.39 is 5.82 Å².